The second-order valence-electron chi connectivity index (χ2n) is 4.79. The first kappa shape index (κ1) is 13.7. The highest BCUT2D eigenvalue weighted by Crippen LogP contribution is 2.24. The Kier molecular flexibility index (Phi) is 5.02. The Morgan fingerprint density at radius 3 is 3.16 bits per heavy atom. The maximum atomic E-state index is 5.48. The first-order valence-corrected chi connectivity index (χ1v) is 6.93. The van der Waals surface area contributed by atoms with Crippen molar-refractivity contribution in [2.24, 2.45) is 5.92 Å². The molecule has 1 aromatic heterocycles. The zero-order valence-corrected chi connectivity index (χ0v) is 11.7. The van der Waals surface area contributed by atoms with Crippen LogP contribution in [-0.2, 0) is 0 Å². The van der Waals surface area contributed by atoms with Gasteiger partial charge in [0, 0.05) is 19.2 Å². The predicted molar refractivity (Wildman–Crippen MR) is 76.2 cm³/mol. The number of piperidine rings is 1. The van der Waals surface area contributed by atoms with E-state index < -0.39 is 0 Å². The van der Waals surface area contributed by atoms with Crippen molar-refractivity contribution in [3.05, 3.63) is 12.4 Å². The Morgan fingerprint density at radius 1 is 1.47 bits per heavy atom. The largest absolute Gasteiger partial charge is 0.464 e. The molecule has 0 amide bonds. The quantitative estimate of drug-likeness (QED) is 0.779. The van der Waals surface area contributed by atoms with Crippen LogP contribution in [0.25, 0.3) is 0 Å². The Hall–Kier alpha value is -1.76. The third-order valence-electron chi connectivity index (χ3n) is 3.52. The molecule has 4 nitrogen and oxygen atoms in total. The average molecular weight is 259 g/mol. The van der Waals surface area contributed by atoms with E-state index in [9.17, 15) is 0 Å². The Labute approximate surface area is 115 Å². The van der Waals surface area contributed by atoms with Crippen LogP contribution in [0.3, 0.4) is 0 Å². The molecule has 1 aromatic rings. The fourth-order valence-electron chi connectivity index (χ4n) is 2.37. The minimum absolute atomic E-state index is 0.380. The van der Waals surface area contributed by atoms with Crippen molar-refractivity contribution >= 4 is 5.82 Å². The molecule has 1 aliphatic rings. The van der Waals surface area contributed by atoms with Crippen LogP contribution < -0.4 is 9.64 Å². The molecular weight excluding hydrogens is 238 g/mol. The van der Waals surface area contributed by atoms with Gasteiger partial charge in [0.25, 0.3) is 0 Å². The highest BCUT2D eigenvalue weighted by Gasteiger charge is 2.19. The summed E-state index contributed by atoms with van der Waals surface area (Å²) in [5.74, 6) is 8.01. The molecule has 1 atom stereocenters. The Morgan fingerprint density at radius 2 is 2.37 bits per heavy atom. The van der Waals surface area contributed by atoms with Crippen LogP contribution in [0.1, 0.15) is 33.1 Å². The van der Waals surface area contributed by atoms with Crippen molar-refractivity contribution in [3.63, 3.8) is 0 Å². The van der Waals surface area contributed by atoms with Gasteiger partial charge in [-0.1, -0.05) is 19.3 Å². The molecular formula is C15H21N3O. The van der Waals surface area contributed by atoms with Crippen LogP contribution in [0.5, 0.6) is 5.88 Å². The van der Waals surface area contributed by atoms with E-state index in [1.165, 1.54) is 19.3 Å². The summed E-state index contributed by atoms with van der Waals surface area (Å²) in [5, 5.41) is 0. The minimum atomic E-state index is 0.380. The lowest BCUT2D eigenvalue weighted by Gasteiger charge is -2.33. The Bertz CT molecular complexity index is 464. The number of aromatic nitrogens is 2. The van der Waals surface area contributed by atoms with Crippen molar-refractivity contribution in [3.8, 4) is 17.7 Å². The number of hydrogen-bond donors (Lipinski definition) is 0. The van der Waals surface area contributed by atoms with Crippen molar-refractivity contribution in [2.45, 2.75) is 33.1 Å². The van der Waals surface area contributed by atoms with Gasteiger partial charge in [-0.3, -0.25) is 0 Å². The second-order valence-corrected chi connectivity index (χ2v) is 4.79. The monoisotopic (exact) mass is 259 g/mol. The molecule has 0 aliphatic carbocycles. The van der Waals surface area contributed by atoms with Crippen molar-refractivity contribution in [1.29, 1.82) is 0 Å². The van der Waals surface area contributed by atoms with Gasteiger partial charge >= 0.3 is 0 Å². The molecule has 0 bridgehead atoms. The summed E-state index contributed by atoms with van der Waals surface area (Å²) in [4.78, 5) is 10.8. The standard InChI is InChI=1S/C15H21N3O/c1-3-5-9-19-15-10-14(16-12-17-15)18-8-6-7-13(4-2)11-18/h10,12-13H,4,6-9,11H2,1-2H3. The number of hydrogen-bond acceptors (Lipinski definition) is 4. The molecule has 0 radical (unpaired) electrons. The van der Waals surface area contributed by atoms with Crippen LogP contribution in [0.2, 0.25) is 0 Å². The maximum Gasteiger partial charge on any atom is 0.219 e. The molecule has 19 heavy (non-hydrogen) atoms. The molecule has 1 saturated heterocycles. The third kappa shape index (κ3) is 3.85. The van der Waals surface area contributed by atoms with E-state index >= 15 is 0 Å². The van der Waals surface area contributed by atoms with E-state index in [1.54, 1.807) is 13.3 Å². The fraction of sp³-hybridized carbons (Fsp3) is 0.600. The summed E-state index contributed by atoms with van der Waals surface area (Å²) < 4.78 is 5.48. The number of rotatable bonds is 4. The van der Waals surface area contributed by atoms with E-state index in [2.05, 4.69) is 33.6 Å². The van der Waals surface area contributed by atoms with Crippen LogP contribution in [0.15, 0.2) is 12.4 Å². The van der Waals surface area contributed by atoms with Gasteiger partial charge in [-0.2, -0.15) is 0 Å². The minimum Gasteiger partial charge on any atom is -0.464 e. The molecule has 0 aromatic carbocycles. The highest BCUT2D eigenvalue weighted by molar-refractivity contribution is 5.41. The van der Waals surface area contributed by atoms with Gasteiger partial charge in [0.05, 0.1) is 0 Å². The molecule has 0 spiro atoms. The van der Waals surface area contributed by atoms with Crippen molar-refractivity contribution in [2.75, 3.05) is 24.6 Å². The molecule has 102 valence electrons. The molecule has 2 rings (SSSR count). The summed E-state index contributed by atoms with van der Waals surface area (Å²) in [6, 6.07) is 1.91. The number of ether oxygens (including phenoxy) is 1. The maximum absolute atomic E-state index is 5.48. The van der Waals surface area contributed by atoms with Gasteiger partial charge in [0.2, 0.25) is 5.88 Å². The van der Waals surface area contributed by atoms with E-state index in [0.717, 1.165) is 24.8 Å². The van der Waals surface area contributed by atoms with Gasteiger partial charge < -0.3 is 9.64 Å². The smallest absolute Gasteiger partial charge is 0.219 e. The normalized spacial score (nSPS) is 18.6. The zero-order chi connectivity index (χ0) is 13.5. The zero-order valence-electron chi connectivity index (χ0n) is 11.7. The van der Waals surface area contributed by atoms with Gasteiger partial charge in [-0.25, -0.2) is 9.97 Å². The van der Waals surface area contributed by atoms with Gasteiger partial charge in [-0.15, -0.1) is 5.92 Å². The highest BCUT2D eigenvalue weighted by atomic mass is 16.5. The molecule has 1 fully saturated rings. The molecule has 4 heteroatoms. The predicted octanol–water partition coefficient (Wildman–Crippen LogP) is 2.51. The van der Waals surface area contributed by atoms with E-state index in [4.69, 9.17) is 4.74 Å². The van der Waals surface area contributed by atoms with Crippen LogP contribution >= 0.6 is 0 Å². The number of anilines is 1. The first-order chi connectivity index (χ1) is 9.33. The average Bonchev–Trinajstić information content (AvgIpc) is 2.48. The molecule has 1 aliphatic heterocycles. The summed E-state index contributed by atoms with van der Waals surface area (Å²) in [5.41, 5.74) is 0. The number of nitrogens with zero attached hydrogens (tertiary/aromatic N) is 3. The van der Waals surface area contributed by atoms with E-state index in [-0.39, 0.29) is 0 Å². The van der Waals surface area contributed by atoms with Gasteiger partial charge in [0.15, 0.2) is 6.61 Å². The molecule has 2 heterocycles. The summed E-state index contributed by atoms with van der Waals surface area (Å²) >= 11 is 0. The second kappa shape index (κ2) is 6.98. The lowest BCUT2D eigenvalue weighted by atomic mass is 9.96. The van der Waals surface area contributed by atoms with E-state index in [0.29, 0.717) is 12.5 Å². The first-order valence-electron chi connectivity index (χ1n) is 6.93. The van der Waals surface area contributed by atoms with Crippen LogP contribution in [0.4, 0.5) is 5.82 Å². The lowest BCUT2D eigenvalue weighted by molar-refractivity contribution is 0.353. The van der Waals surface area contributed by atoms with E-state index in [1.807, 2.05) is 6.07 Å². The van der Waals surface area contributed by atoms with Crippen LogP contribution in [-0.4, -0.2) is 29.7 Å². The van der Waals surface area contributed by atoms with Crippen molar-refractivity contribution in [1.82, 2.24) is 9.97 Å². The third-order valence-corrected chi connectivity index (χ3v) is 3.52. The van der Waals surface area contributed by atoms with Crippen molar-refractivity contribution < 1.29 is 4.74 Å². The Balaban J connectivity index is 2.02. The van der Waals surface area contributed by atoms with Crippen LogP contribution in [0, 0.1) is 17.8 Å². The van der Waals surface area contributed by atoms with Gasteiger partial charge in [0.1, 0.15) is 12.1 Å². The lowest BCUT2D eigenvalue weighted by Crippen LogP contribution is -2.35. The summed E-state index contributed by atoms with van der Waals surface area (Å²) in [6.45, 7) is 6.59. The summed E-state index contributed by atoms with van der Waals surface area (Å²) in [6.07, 6.45) is 5.37. The molecule has 0 N–H and O–H groups in total. The van der Waals surface area contributed by atoms with Gasteiger partial charge in [-0.05, 0) is 25.7 Å². The fourth-order valence-corrected chi connectivity index (χ4v) is 2.37. The SMILES string of the molecule is CC#CCOc1cc(N2CCCC(CC)C2)ncn1. The topological polar surface area (TPSA) is 38.2 Å². The molecule has 0 saturated carbocycles. The molecule has 1 unspecified atom stereocenters. The summed E-state index contributed by atoms with van der Waals surface area (Å²) in [7, 11) is 0.